The zero-order chi connectivity index (χ0) is 23.7. The number of para-hydroxylation sites is 1. The molecule has 1 saturated carbocycles. The lowest BCUT2D eigenvalue weighted by Gasteiger charge is -2.25. The first-order valence-electron chi connectivity index (χ1n) is 13.8. The van der Waals surface area contributed by atoms with Crippen LogP contribution < -0.4 is 9.05 Å². The van der Waals surface area contributed by atoms with Crippen molar-refractivity contribution in [1.29, 1.82) is 0 Å². The van der Waals surface area contributed by atoms with Crippen LogP contribution in [0.25, 0.3) is 0 Å². The summed E-state index contributed by atoms with van der Waals surface area (Å²) >= 11 is 0. The molecule has 0 bridgehead atoms. The number of unbranched alkanes of at least 4 members (excludes halogenated alkanes) is 9. The van der Waals surface area contributed by atoms with Crippen molar-refractivity contribution in [2.45, 2.75) is 116 Å². The van der Waals surface area contributed by atoms with Gasteiger partial charge >= 0.3 is 8.60 Å². The van der Waals surface area contributed by atoms with Gasteiger partial charge < -0.3 is 9.05 Å². The van der Waals surface area contributed by atoms with Gasteiger partial charge in [-0.25, -0.2) is 0 Å². The fraction of sp³-hybridized carbons (Fsp3) is 0.600. The summed E-state index contributed by atoms with van der Waals surface area (Å²) in [7, 11) is -1.47. The molecule has 0 N–H and O–H groups in total. The van der Waals surface area contributed by atoms with Crippen LogP contribution in [0, 0.1) is 0 Å². The highest BCUT2D eigenvalue weighted by molar-refractivity contribution is 7.42. The largest absolute Gasteiger partial charge is 0.463 e. The van der Waals surface area contributed by atoms with Crippen molar-refractivity contribution in [2.24, 2.45) is 0 Å². The van der Waals surface area contributed by atoms with Gasteiger partial charge in [0.2, 0.25) is 0 Å². The molecule has 34 heavy (non-hydrogen) atoms. The van der Waals surface area contributed by atoms with Gasteiger partial charge in [0, 0.05) is 0 Å². The summed E-state index contributed by atoms with van der Waals surface area (Å²) in [4.78, 5) is 0. The fourth-order valence-electron chi connectivity index (χ4n) is 4.54. The molecule has 4 heteroatoms. The first-order valence-corrected chi connectivity index (χ1v) is 14.9. The molecule has 0 radical (unpaired) electrons. The van der Waals surface area contributed by atoms with Crippen LogP contribution in [-0.4, -0.2) is 6.10 Å². The van der Waals surface area contributed by atoms with E-state index in [1.807, 2.05) is 30.3 Å². The lowest BCUT2D eigenvalue weighted by molar-refractivity contribution is 0.138. The van der Waals surface area contributed by atoms with Crippen LogP contribution >= 0.6 is 8.60 Å². The maximum atomic E-state index is 6.29. The third kappa shape index (κ3) is 11.2. The van der Waals surface area contributed by atoms with Crippen molar-refractivity contribution < 1.29 is 13.6 Å². The van der Waals surface area contributed by atoms with Crippen molar-refractivity contribution in [3.63, 3.8) is 0 Å². The quantitative estimate of drug-likeness (QED) is 0.165. The van der Waals surface area contributed by atoms with Gasteiger partial charge in [-0.2, -0.15) is 0 Å². The summed E-state index contributed by atoms with van der Waals surface area (Å²) in [5.74, 6) is 1.62. The fourth-order valence-corrected chi connectivity index (χ4v) is 5.71. The van der Waals surface area contributed by atoms with Crippen LogP contribution in [0.1, 0.15) is 109 Å². The summed E-state index contributed by atoms with van der Waals surface area (Å²) in [6.07, 6.45) is 21.1. The first kappa shape index (κ1) is 27.0. The summed E-state index contributed by atoms with van der Waals surface area (Å²) in [5, 5.41) is 0. The smallest absolute Gasteiger partial charge is 0.418 e. The van der Waals surface area contributed by atoms with E-state index in [0.717, 1.165) is 30.8 Å². The molecular weight excluding hydrogens is 439 g/mol. The predicted molar refractivity (Wildman–Crippen MR) is 145 cm³/mol. The lowest BCUT2D eigenvalue weighted by atomic mass is 9.98. The summed E-state index contributed by atoms with van der Waals surface area (Å²) in [5.41, 5.74) is 1.38. The van der Waals surface area contributed by atoms with Crippen LogP contribution in [0.4, 0.5) is 0 Å². The Hall–Kier alpha value is -1.57. The molecule has 0 aromatic heterocycles. The zero-order valence-corrected chi connectivity index (χ0v) is 22.2. The zero-order valence-electron chi connectivity index (χ0n) is 21.3. The lowest BCUT2D eigenvalue weighted by Crippen LogP contribution is -2.16. The molecule has 0 heterocycles. The van der Waals surface area contributed by atoms with Crippen LogP contribution in [0.5, 0.6) is 11.5 Å². The van der Waals surface area contributed by atoms with E-state index < -0.39 is 8.60 Å². The molecule has 0 amide bonds. The van der Waals surface area contributed by atoms with Gasteiger partial charge in [-0.1, -0.05) is 114 Å². The van der Waals surface area contributed by atoms with Crippen LogP contribution in [-0.2, 0) is 10.9 Å². The molecule has 1 unspecified atom stereocenters. The maximum absolute atomic E-state index is 6.29. The van der Waals surface area contributed by atoms with Gasteiger partial charge in [0.05, 0.1) is 6.10 Å². The standard InChI is InChI=1S/C30H45O3P/c1-2-3-4-5-6-7-8-9-10-13-18-27-23-25-30(26-24-27)33-34(31-28-19-14-11-15-20-28)32-29-21-16-12-17-22-29/h11,14-15,19-20,23-26,29H,2-10,12-13,16-18,21-22H2,1H3. The molecule has 1 atom stereocenters. The van der Waals surface area contributed by atoms with Gasteiger partial charge in [0.25, 0.3) is 0 Å². The van der Waals surface area contributed by atoms with E-state index in [2.05, 4.69) is 31.2 Å². The Bertz CT molecular complexity index is 743. The highest BCUT2D eigenvalue weighted by Gasteiger charge is 2.24. The van der Waals surface area contributed by atoms with Crippen molar-refractivity contribution >= 4 is 8.60 Å². The van der Waals surface area contributed by atoms with E-state index in [-0.39, 0.29) is 6.10 Å². The molecule has 1 aliphatic rings. The van der Waals surface area contributed by atoms with Crippen LogP contribution in [0.15, 0.2) is 54.6 Å². The van der Waals surface area contributed by atoms with E-state index in [1.54, 1.807) is 0 Å². The SMILES string of the molecule is CCCCCCCCCCCCc1ccc(OP(Oc2ccccc2)OC2CCCCC2)cc1. The minimum absolute atomic E-state index is 0.235. The molecule has 1 aliphatic carbocycles. The Balaban J connectivity index is 1.38. The van der Waals surface area contributed by atoms with Gasteiger partial charge in [0.1, 0.15) is 11.5 Å². The number of benzene rings is 2. The van der Waals surface area contributed by atoms with Crippen molar-refractivity contribution in [2.75, 3.05) is 0 Å². The molecule has 2 aromatic carbocycles. The molecular formula is C30H45O3P. The number of aryl methyl sites for hydroxylation is 1. The van der Waals surface area contributed by atoms with E-state index >= 15 is 0 Å². The Labute approximate surface area is 209 Å². The predicted octanol–water partition coefficient (Wildman–Crippen LogP) is 10.2. The van der Waals surface area contributed by atoms with Crippen LogP contribution in [0.2, 0.25) is 0 Å². The Morgan fingerprint density at radius 3 is 1.82 bits per heavy atom. The topological polar surface area (TPSA) is 27.7 Å². The van der Waals surface area contributed by atoms with E-state index in [4.69, 9.17) is 13.6 Å². The number of rotatable bonds is 17. The molecule has 0 aliphatic heterocycles. The van der Waals surface area contributed by atoms with Gasteiger partial charge in [-0.3, -0.25) is 4.52 Å². The van der Waals surface area contributed by atoms with Crippen LogP contribution in [0.3, 0.4) is 0 Å². The molecule has 0 saturated heterocycles. The average Bonchev–Trinajstić information content (AvgIpc) is 2.87. The van der Waals surface area contributed by atoms with E-state index in [9.17, 15) is 0 Å². The van der Waals surface area contributed by atoms with Crippen molar-refractivity contribution in [3.8, 4) is 11.5 Å². The maximum Gasteiger partial charge on any atom is 0.463 e. The van der Waals surface area contributed by atoms with Gasteiger partial charge in [-0.05, 0) is 55.5 Å². The Kier molecular flexibility index (Phi) is 13.5. The van der Waals surface area contributed by atoms with Crippen molar-refractivity contribution in [1.82, 2.24) is 0 Å². The van der Waals surface area contributed by atoms with Crippen molar-refractivity contribution in [3.05, 3.63) is 60.2 Å². The number of hydrogen-bond donors (Lipinski definition) is 0. The summed E-state index contributed by atoms with van der Waals surface area (Å²) < 4.78 is 18.6. The highest BCUT2D eigenvalue weighted by Crippen LogP contribution is 2.44. The monoisotopic (exact) mass is 484 g/mol. The minimum atomic E-state index is -1.47. The first-order chi connectivity index (χ1) is 16.8. The van der Waals surface area contributed by atoms with Gasteiger partial charge in [0.15, 0.2) is 0 Å². The molecule has 0 spiro atoms. The average molecular weight is 485 g/mol. The minimum Gasteiger partial charge on any atom is -0.418 e. The van der Waals surface area contributed by atoms with E-state index in [1.165, 1.54) is 89.0 Å². The third-order valence-electron chi connectivity index (χ3n) is 6.63. The summed E-state index contributed by atoms with van der Waals surface area (Å²) in [6.45, 7) is 2.28. The molecule has 188 valence electrons. The normalized spacial score (nSPS) is 15.2. The van der Waals surface area contributed by atoms with E-state index in [0.29, 0.717) is 0 Å². The second-order valence-corrected chi connectivity index (χ2v) is 10.7. The van der Waals surface area contributed by atoms with Gasteiger partial charge in [-0.15, -0.1) is 0 Å². The molecule has 3 nitrogen and oxygen atoms in total. The third-order valence-corrected chi connectivity index (χ3v) is 7.82. The molecule has 3 rings (SSSR count). The second-order valence-electron chi connectivity index (χ2n) is 9.66. The number of hydrogen-bond acceptors (Lipinski definition) is 3. The summed E-state index contributed by atoms with van der Waals surface area (Å²) in [6, 6.07) is 18.4. The molecule has 2 aromatic rings. The Morgan fingerprint density at radius 2 is 1.21 bits per heavy atom. The molecule has 1 fully saturated rings. The Morgan fingerprint density at radius 1 is 0.647 bits per heavy atom. The highest BCUT2D eigenvalue weighted by atomic mass is 31.2. The second kappa shape index (κ2) is 17.0.